The Kier molecular flexibility index (Phi) is 2.70. The summed E-state index contributed by atoms with van der Waals surface area (Å²) in [6.45, 7) is 0. The fraction of sp³-hybridized carbons (Fsp3) is 0.357. The van der Waals surface area contributed by atoms with Gasteiger partial charge in [0, 0.05) is 17.0 Å². The zero-order valence-corrected chi connectivity index (χ0v) is 10.4. The fourth-order valence-corrected chi connectivity index (χ4v) is 2.67. The molecule has 0 saturated heterocycles. The van der Waals surface area contributed by atoms with Crippen molar-refractivity contribution in [3.8, 4) is 5.75 Å². The van der Waals surface area contributed by atoms with Crippen molar-refractivity contribution < 1.29 is 9.15 Å². The molecule has 0 amide bonds. The molecule has 94 valence electrons. The van der Waals surface area contributed by atoms with Crippen molar-refractivity contribution in [2.75, 3.05) is 7.11 Å². The summed E-state index contributed by atoms with van der Waals surface area (Å²) in [5.41, 5.74) is 3.85. The van der Waals surface area contributed by atoms with E-state index in [2.05, 4.69) is 11.2 Å². The Morgan fingerprint density at radius 1 is 1.22 bits per heavy atom. The van der Waals surface area contributed by atoms with Crippen LogP contribution in [-0.4, -0.2) is 7.11 Å². The van der Waals surface area contributed by atoms with E-state index in [9.17, 15) is 0 Å². The van der Waals surface area contributed by atoms with Crippen molar-refractivity contribution in [3.05, 3.63) is 34.9 Å². The third kappa shape index (κ3) is 1.65. The van der Waals surface area contributed by atoms with Gasteiger partial charge in [0.05, 0.1) is 7.11 Å². The summed E-state index contributed by atoms with van der Waals surface area (Å²) in [7, 11) is 1.65. The normalized spacial score (nSPS) is 15.7. The molecule has 0 spiro atoms. The first-order chi connectivity index (χ1) is 8.83. The van der Waals surface area contributed by atoms with Crippen LogP contribution < -0.4 is 16.1 Å². The molecule has 3 rings (SSSR count). The van der Waals surface area contributed by atoms with E-state index in [0.29, 0.717) is 5.55 Å². The van der Waals surface area contributed by atoms with Crippen LogP contribution in [0.2, 0.25) is 0 Å². The number of fused-ring (bicyclic) bond motifs is 3. The van der Waals surface area contributed by atoms with Gasteiger partial charge in [-0.25, -0.2) is 0 Å². The Balaban J connectivity index is 2.37. The monoisotopic (exact) mass is 244 g/mol. The second-order valence-electron chi connectivity index (χ2n) is 4.56. The third-order valence-corrected chi connectivity index (χ3v) is 3.56. The van der Waals surface area contributed by atoms with Gasteiger partial charge in [0.25, 0.3) is 0 Å². The number of nitrogens with zero attached hydrogens (tertiary/aromatic N) is 1. The first-order valence-electron chi connectivity index (χ1n) is 6.20. The Morgan fingerprint density at radius 2 is 2.00 bits per heavy atom. The summed E-state index contributed by atoms with van der Waals surface area (Å²) in [6, 6.07) is 5.91. The highest BCUT2D eigenvalue weighted by molar-refractivity contribution is 5.82. The van der Waals surface area contributed by atoms with Crippen LogP contribution in [-0.2, 0) is 12.8 Å². The lowest BCUT2D eigenvalue weighted by atomic mass is 9.90. The van der Waals surface area contributed by atoms with Gasteiger partial charge in [-0.05, 0) is 43.4 Å². The molecule has 1 aromatic carbocycles. The van der Waals surface area contributed by atoms with Gasteiger partial charge in [0.2, 0.25) is 5.55 Å². The predicted molar refractivity (Wildman–Crippen MR) is 69.2 cm³/mol. The highest BCUT2D eigenvalue weighted by Gasteiger charge is 2.17. The summed E-state index contributed by atoms with van der Waals surface area (Å²) < 4.78 is 11.0. The molecule has 0 atom stereocenters. The van der Waals surface area contributed by atoms with E-state index in [1.165, 1.54) is 24.0 Å². The molecule has 1 heterocycles. The van der Waals surface area contributed by atoms with Gasteiger partial charge in [0.1, 0.15) is 11.3 Å². The number of benzene rings is 1. The minimum Gasteiger partial charge on any atom is -0.497 e. The molecule has 2 N–H and O–H groups in total. The average Bonchev–Trinajstić information content (AvgIpc) is 2.45. The topological polar surface area (TPSA) is 60.8 Å². The summed E-state index contributed by atoms with van der Waals surface area (Å²) >= 11 is 0. The molecule has 1 aliphatic carbocycles. The molecule has 0 fully saturated rings. The van der Waals surface area contributed by atoms with Crippen molar-refractivity contribution >= 4 is 11.0 Å². The number of rotatable bonds is 1. The molecule has 1 aromatic heterocycles. The molecule has 0 radical (unpaired) electrons. The summed E-state index contributed by atoms with van der Waals surface area (Å²) in [4.78, 5) is 0. The average molecular weight is 244 g/mol. The largest absolute Gasteiger partial charge is 0.497 e. The molecule has 2 aromatic rings. The smallest absolute Gasteiger partial charge is 0.239 e. The quantitative estimate of drug-likeness (QED) is 0.617. The van der Waals surface area contributed by atoms with E-state index in [4.69, 9.17) is 15.0 Å². The standard InChI is InChI=1S/C14H16N2O2/c1-17-9-6-7-11-10-4-2-3-5-12(10)14(16-15)18-13(11)8-9/h6-8H,2-5,15H2,1H3. The molecule has 4 heteroatoms. The first-order valence-corrected chi connectivity index (χ1v) is 6.20. The van der Waals surface area contributed by atoms with Crippen LogP contribution >= 0.6 is 0 Å². The molecule has 0 aliphatic heterocycles. The van der Waals surface area contributed by atoms with Gasteiger partial charge in [-0.3, -0.25) is 0 Å². The Morgan fingerprint density at radius 3 is 2.72 bits per heavy atom. The number of methoxy groups -OCH3 is 1. The lowest BCUT2D eigenvalue weighted by Gasteiger charge is -2.17. The van der Waals surface area contributed by atoms with Crippen LogP contribution in [0.25, 0.3) is 11.0 Å². The fourth-order valence-electron chi connectivity index (χ4n) is 2.67. The van der Waals surface area contributed by atoms with Crippen molar-refractivity contribution in [2.24, 2.45) is 10.9 Å². The maximum Gasteiger partial charge on any atom is 0.239 e. The minimum absolute atomic E-state index is 0.561. The lowest BCUT2D eigenvalue weighted by molar-refractivity contribution is 0.413. The highest BCUT2D eigenvalue weighted by Crippen LogP contribution is 2.28. The lowest BCUT2D eigenvalue weighted by Crippen LogP contribution is -2.18. The first kappa shape index (κ1) is 11.1. The van der Waals surface area contributed by atoms with Crippen LogP contribution in [0, 0.1) is 0 Å². The molecule has 0 saturated carbocycles. The van der Waals surface area contributed by atoms with Gasteiger partial charge in [-0.15, -0.1) is 5.10 Å². The van der Waals surface area contributed by atoms with E-state index >= 15 is 0 Å². The van der Waals surface area contributed by atoms with Crippen molar-refractivity contribution in [3.63, 3.8) is 0 Å². The predicted octanol–water partition coefficient (Wildman–Crippen LogP) is 2.09. The van der Waals surface area contributed by atoms with Crippen molar-refractivity contribution in [1.82, 2.24) is 0 Å². The van der Waals surface area contributed by atoms with Crippen LogP contribution in [0.15, 0.2) is 27.7 Å². The molecular weight excluding hydrogens is 228 g/mol. The Labute approximate surface area is 105 Å². The SMILES string of the molecule is COc1ccc2c3c(c(=NN)oc2c1)CCCC3. The van der Waals surface area contributed by atoms with E-state index < -0.39 is 0 Å². The molecule has 18 heavy (non-hydrogen) atoms. The summed E-state index contributed by atoms with van der Waals surface area (Å²) in [6.07, 6.45) is 4.45. The maximum atomic E-state index is 5.78. The molecule has 0 bridgehead atoms. The van der Waals surface area contributed by atoms with Crippen LogP contribution in [0.3, 0.4) is 0 Å². The van der Waals surface area contributed by atoms with Gasteiger partial charge in [0.15, 0.2) is 0 Å². The van der Waals surface area contributed by atoms with E-state index in [-0.39, 0.29) is 0 Å². The number of ether oxygens (including phenoxy) is 1. The van der Waals surface area contributed by atoms with Gasteiger partial charge in [-0.1, -0.05) is 0 Å². The van der Waals surface area contributed by atoms with E-state index in [1.807, 2.05) is 12.1 Å². The number of aryl methyl sites for hydroxylation is 1. The minimum atomic E-state index is 0.561. The van der Waals surface area contributed by atoms with Gasteiger partial charge in [-0.2, -0.15) is 0 Å². The molecule has 0 unspecified atom stereocenters. The maximum absolute atomic E-state index is 5.78. The Bertz CT molecular complexity index is 659. The zero-order valence-electron chi connectivity index (χ0n) is 10.4. The van der Waals surface area contributed by atoms with E-state index in [0.717, 1.165) is 29.6 Å². The summed E-state index contributed by atoms with van der Waals surface area (Å²) in [5, 5.41) is 4.93. The number of nitrogens with two attached hydrogens (primary N) is 1. The van der Waals surface area contributed by atoms with Crippen LogP contribution in [0.1, 0.15) is 24.0 Å². The van der Waals surface area contributed by atoms with Crippen LogP contribution in [0.5, 0.6) is 5.75 Å². The summed E-state index contributed by atoms with van der Waals surface area (Å²) in [5.74, 6) is 6.22. The molecular formula is C14H16N2O2. The van der Waals surface area contributed by atoms with Crippen molar-refractivity contribution in [1.29, 1.82) is 0 Å². The molecule has 1 aliphatic rings. The van der Waals surface area contributed by atoms with E-state index in [1.54, 1.807) is 7.11 Å². The Hall–Kier alpha value is -1.97. The molecule has 4 nitrogen and oxygen atoms in total. The highest BCUT2D eigenvalue weighted by atomic mass is 16.5. The number of hydrogen-bond acceptors (Lipinski definition) is 4. The van der Waals surface area contributed by atoms with Crippen LogP contribution in [0.4, 0.5) is 0 Å². The van der Waals surface area contributed by atoms with Gasteiger partial charge >= 0.3 is 0 Å². The second kappa shape index (κ2) is 4.37. The van der Waals surface area contributed by atoms with Crippen molar-refractivity contribution in [2.45, 2.75) is 25.7 Å². The zero-order chi connectivity index (χ0) is 12.5. The number of hydrogen-bond donors (Lipinski definition) is 1. The third-order valence-electron chi connectivity index (χ3n) is 3.56. The second-order valence-corrected chi connectivity index (χ2v) is 4.56. The van der Waals surface area contributed by atoms with Gasteiger partial charge < -0.3 is 15.0 Å².